The Morgan fingerprint density at radius 1 is 0.969 bits per heavy atom. The van der Waals surface area contributed by atoms with Crippen molar-refractivity contribution in [1.29, 1.82) is 0 Å². The first-order chi connectivity index (χ1) is 15.7. The second-order valence-electron chi connectivity index (χ2n) is 7.68. The first-order valence-corrected chi connectivity index (χ1v) is 11.1. The zero-order valence-corrected chi connectivity index (χ0v) is 18.7. The van der Waals surface area contributed by atoms with E-state index in [1.807, 2.05) is 54.3 Å². The molecule has 0 spiro atoms. The number of carbonyl (C=O) groups is 1. The van der Waals surface area contributed by atoms with Gasteiger partial charge in [0.1, 0.15) is 18.5 Å². The van der Waals surface area contributed by atoms with Crippen LogP contribution in [0.4, 0.5) is 5.69 Å². The maximum absolute atomic E-state index is 13.5. The highest BCUT2D eigenvalue weighted by Crippen LogP contribution is 2.40. The quantitative estimate of drug-likeness (QED) is 0.462. The topological polar surface area (TPSA) is 60.0 Å². The fourth-order valence-electron chi connectivity index (χ4n) is 4.17. The molecule has 1 unspecified atom stereocenters. The van der Waals surface area contributed by atoms with Gasteiger partial charge in [0.05, 0.1) is 12.2 Å². The molecule has 168 valence electrons. The molecular weight excluding hydrogens is 404 g/mol. The van der Waals surface area contributed by atoms with Crippen molar-refractivity contribution < 1.29 is 19.0 Å². The Kier molecular flexibility index (Phi) is 7.24. The van der Waals surface area contributed by atoms with E-state index in [2.05, 4.69) is 23.5 Å². The van der Waals surface area contributed by atoms with Gasteiger partial charge in [-0.15, -0.1) is 0 Å². The van der Waals surface area contributed by atoms with Gasteiger partial charge in [-0.1, -0.05) is 42.5 Å². The molecule has 3 aromatic carbocycles. The molecule has 1 amide bonds. The van der Waals surface area contributed by atoms with Crippen molar-refractivity contribution in [3.63, 3.8) is 0 Å². The monoisotopic (exact) mass is 434 g/mol. The smallest absolute Gasteiger partial charge is 0.257 e. The minimum absolute atomic E-state index is 0.00801. The van der Waals surface area contributed by atoms with Crippen LogP contribution in [0.3, 0.4) is 0 Å². The Balaban J connectivity index is 1.79. The number of nitrogens with zero attached hydrogens (tertiary/aromatic N) is 1. The molecule has 0 saturated heterocycles. The van der Waals surface area contributed by atoms with Gasteiger partial charge in [-0.05, 0) is 42.3 Å². The first-order valence-electron chi connectivity index (χ1n) is 11.1. The van der Waals surface area contributed by atoms with Crippen LogP contribution in [0.2, 0.25) is 0 Å². The maximum Gasteiger partial charge on any atom is 0.257 e. The standard InChI is InChI=1S/C26H30N2O4/c1-3-31-17-18-32-23-14-13-19-9-4-5-10-20(19)24(23)25-27-22-12-7-6-11-21(22)26(29)28(25)15-8-16-30-2/h4-7,9-14,25,27H,3,8,15-18H2,1-2H3. The molecule has 3 aromatic rings. The van der Waals surface area contributed by atoms with Gasteiger partial charge in [0, 0.05) is 38.1 Å². The zero-order chi connectivity index (χ0) is 22.3. The lowest BCUT2D eigenvalue weighted by atomic mass is 9.97. The average Bonchev–Trinajstić information content (AvgIpc) is 2.83. The second-order valence-corrected chi connectivity index (χ2v) is 7.68. The van der Waals surface area contributed by atoms with Crippen LogP contribution in [-0.4, -0.2) is 50.9 Å². The van der Waals surface area contributed by atoms with E-state index in [0.29, 0.717) is 38.5 Å². The molecule has 0 radical (unpaired) electrons. The van der Waals surface area contributed by atoms with Gasteiger partial charge in [-0.2, -0.15) is 0 Å². The second kappa shape index (κ2) is 10.5. The summed E-state index contributed by atoms with van der Waals surface area (Å²) >= 11 is 0. The predicted octanol–water partition coefficient (Wildman–Crippen LogP) is 4.86. The number of nitrogens with one attached hydrogen (secondary N) is 1. The Labute approximate surface area is 189 Å². The van der Waals surface area contributed by atoms with E-state index < -0.39 is 0 Å². The van der Waals surface area contributed by atoms with Crippen molar-refractivity contribution in [3.8, 4) is 5.75 Å². The summed E-state index contributed by atoms with van der Waals surface area (Å²) in [5.41, 5.74) is 2.47. The summed E-state index contributed by atoms with van der Waals surface area (Å²) < 4.78 is 16.9. The molecule has 0 fully saturated rings. The molecule has 1 heterocycles. The van der Waals surface area contributed by atoms with Gasteiger partial charge in [-0.3, -0.25) is 4.79 Å². The number of hydrogen-bond donors (Lipinski definition) is 1. The third kappa shape index (κ3) is 4.56. The number of amides is 1. The Morgan fingerprint density at radius 2 is 1.78 bits per heavy atom. The van der Waals surface area contributed by atoms with Gasteiger partial charge in [0.25, 0.3) is 5.91 Å². The van der Waals surface area contributed by atoms with Crippen LogP contribution in [0.1, 0.15) is 35.4 Å². The van der Waals surface area contributed by atoms with Crippen molar-refractivity contribution in [2.45, 2.75) is 19.5 Å². The number of fused-ring (bicyclic) bond motifs is 2. The van der Waals surface area contributed by atoms with E-state index >= 15 is 0 Å². The molecular formula is C26H30N2O4. The minimum Gasteiger partial charge on any atom is -0.491 e. The van der Waals surface area contributed by atoms with Crippen molar-refractivity contribution in [2.75, 3.05) is 45.4 Å². The van der Waals surface area contributed by atoms with Gasteiger partial charge >= 0.3 is 0 Å². The molecule has 32 heavy (non-hydrogen) atoms. The van der Waals surface area contributed by atoms with Crippen LogP contribution in [0.15, 0.2) is 60.7 Å². The summed E-state index contributed by atoms with van der Waals surface area (Å²) in [5.74, 6) is 0.762. The van der Waals surface area contributed by atoms with Crippen LogP contribution in [0, 0.1) is 0 Å². The third-order valence-corrected chi connectivity index (χ3v) is 5.66. The fourth-order valence-corrected chi connectivity index (χ4v) is 4.17. The highest BCUT2D eigenvalue weighted by Gasteiger charge is 2.35. The van der Waals surface area contributed by atoms with Gasteiger partial charge in [0.2, 0.25) is 0 Å². The fraction of sp³-hybridized carbons (Fsp3) is 0.346. The largest absolute Gasteiger partial charge is 0.491 e. The molecule has 1 atom stereocenters. The first kappa shape index (κ1) is 22.1. The zero-order valence-electron chi connectivity index (χ0n) is 18.7. The molecule has 1 aliphatic rings. The maximum atomic E-state index is 13.5. The van der Waals surface area contributed by atoms with E-state index in [1.165, 1.54) is 0 Å². The Hall–Kier alpha value is -3.09. The molecule has 0 aromatic heterocycles. The summed E-state index contributed by atoms with van der Waals surface area (Å²) in [6.07, 6.45) is 0.385. The number of ether oxygens (including phenoxy) is 3. The lowest BCUT2D eigenvalue weighted by molar-refractivity contribution is 0.0656. The third-order valence-electron chi connectivity index (χ3n) is 5.66. The van der Waals surface area contributed by atoms with E-state index in [4.69, 9.17) is 14.2 Å². The number of hydrogen-bond acceptors (Lipinski definition) is 5. The molecule has 0 saturated carbocycles. The van der Waals surface area contributed by atoms with Crippen molar-refractivity contribution in [1.82, 2.24) is 4.90 Å². The lowest BCUT2D eigenvalue weighted by Crippen LogP contribution is -2.44. The molecule has 1 N–H and O–H groups in total. The molecule has 1 aliphatic heterocycles. The normalized spacial score (nSPS) is 15.5. The van der Waals surface area contributed by atoms with E-state index in [0.717, 1.165) is 34.2 Å². The van der Waals surface area contributed by atoms with E-state index in [9.17, 15) is 4.79 Å². The van der Waals surface area contributed by atoms with Crippen molar-refractivity contribution in [3.05, 3.63) is 71.8 Å². The highest BCUT2D eigenvalue weighted by atomic mass is 16.5. The van der Waals surface area contributed by atoms with Crippen LogP contribution < -0.4 is 10.1 Å². The van der Waals surface area contributed by atoms with Crippen LogP contribution in [-0.2, 0) is 9.47 Å². The molecule has 0 bridgehead atoms. The van der Waals surface area contributed by atoms with Gasteiger partial charge in [0.15, 0.2) is 0 Å². The molecule has 6 heteroatoms. The number of carbonyl (C=O) groups excluding carboxylic acids is 1. The van der Waals surface area contributed by atoms with E-state index in [1.54, 1.807) is 7.11 Å². The molecule has 6 nitrogen and oxygen atoms in total. The summed E-state index contributed by atoms with van der Waals surface area (Å²) in [4.78, 5) is 15.4. The van der Waals surface area contributed by atoms with Crippen molar-refractivity contribution >= 4 is 22.4 Å². The van der Waals surface area contributed by atoms with Gasteiger partial charge < -0.3 is 24.4 Å². The van der Waals surface area contributed by atoms with Crippen LogP contribution in [0.25, 0.3) is 10.8 Å². The molecule has 4 rings (SSSR count). The summed E-state index contributed by atoms with van der Waals surface area (Å²) in [7, 11) is 1.68. The van der Waals surface area contributed by atoms with Crippen LogP contribution in [0.5, 0.6) is 5.75 Å². The van der Waals surface area contributed by atoms with Gasteiger partial charge in [-0.25, -0.2) is 0 Å². The summed E-state index contributed by atoms with van der Waals surface area (Å²) in [5, 5.41) is 5.77. The number of methoxy groups -OCH3 is 1. The summed E-state index contributed by atoms with van der Waals surface area (Å²) in [6.45, 7) is 4.73. The Morgan fingerprint density at radius 3 is 2.62 bits per heavy atom. The summed E-state index contributed by atoms with van der Waals surface area (Å²) in [6, 6.07) is 19.9. The average molecular weight is 435 g/mol. The molecule has 0 aliphatic carbocycles. The SMILES string of the molecule is CCOCCOc1ccc2ccccc2c1C1Nc2ccccc2C(=O)N1CCCOC. The number of rotatable bonds is 10. The van der Waals surface area contributed by atoms with Crippen molar-refractivity contribution in [2.24, 2.45) is 0 Å². The van der Waals surface area contributed by atoms with Crippen LogP contribution >= 0.6 is 0 Å². The number of anilines is 1. The van der Waals surface area contributed by atoms with E-state index in [-0.39, 0.29) is 12.1 Å². The lowest BCUT2D eigenvalue weighted by Gasteiger charge is -2.39. The number of benzene rings is 3. The predicted molar refractivity (Wildman–Crippen MR) is 126 cm³/mol. The highest BCUT2D eigenvalue weighted by molar-refractivity contribution is 6.02. The minimum atomic E-state index is -0.359. The Bertz CT molecular complexity index is 1070. The number of para-hydroxylation sites is 1.